The second-order valence-electron chi connectivity index (χ2n) is 2.92. The Morgan fingerprint density at radius 3 is 2.29 bits per heavy atom. The Hall–Kier alpha value is -1.44. The molecule has 0 aromatic carbocycles. The van der Waals surface area contributed by atoms with Crippen molar-refractivity contribution in [3.05, 3.63) is 48.2 Å². The molecule has 17 heavy (non-hydrogen) atoms. The van der Waals surface area contributed by atoms with E-state index in [-0.39, 0.29) is 0 Å². The fourth-order valence-corrected chi connectivity index (χ4v) is 1.21. The number of hydrogen-bond acceptors (Lipinski definition) is 2. The van der Waals surface area contributed by atoms with Crippen LogP contribution in [0.1, 0.15) is 34.6 Å². The summed E-state index contributed by atoms with van der Waals surface area (Å²) in [5.74, 6) is 0.425. The van der Waals surface area contributed by atoms with E-state index in [1.54, 1.807) is 7.05 Å². The number of nitrogens with zero attached hydrogens (tertiary/aromatic N) is 2. The standard InChI is InChI=1S/C11H14N2.2C2H6/c1-4-10-8-9(2)6-5-7-11(10)13-12-3;2*1-2/h4-9H,1H2,2-3H3;2*1-2H3. The van der Waals surface area contributed by atoms with E-state index >= 15 is 0 Å². The molecule has 2 heteroatoms. The van der Waals surface area contributed by atoms with Crippen molar-refractivity contribution in [3.63, 3.8) is 0 Å². The minimum absolute atomic E-state index is 0.425. The highest BCUT2D eigenvalue weighted by Crippen LogP contribution is 2.19. The van der Waals surface area contributed by atoms with Crippen molar-refractivity contribution in [2.45, 2.75) is 34.6 Å². The Morgan fingerprint density at radius 2 is 1.82 bits per heavy atom. The van der Waals surface area contributed by atoms with E-state index in [0.717, 1.165) is 11.3 Å². The lowest BCUT2D eigenvalue weighted by Gasteiger charge is -2.00. The molecule has 0 radical (unpaired) electrons. The molecule has 0 fully saturated rings. The lowest BCUT2D eigenvalue weighted by molar-refractivity contribution is 0.933. The SMILES string of the molecule is C=CC1=CC(C)C=CC=C1N=NC.CC.CC. The van der Waals surface area contributed by atoms with Gasteiger partial charge in [-0.2, -0.15) is 10.2 Å². The van der Waals surface area contributed by atoms with Crippen molar-refractivity contribution >= 4 is 0 Å². The number of allylic oxidation sites excluding steroid dienone is 5. The first-order chi connectivity index (χ1) is 8.27. The van der Waals surface area contributed by atoms with Gasteiger partial charge in [0, 0.05) is 7.05 Å². The van der Waals surface area contributed by atoms with Crippen molar-refractivity contribution in [3.8, 4) is 0 Å². The van der Waals surface area contributed by atoms with Gasteiger partial charge in [0.1, 0.15) is 0 Å². The van der Waals surface area contributed by atoms with E-state index in [1.807, 2.05) is 45.9 Å². The molecule has 0 amide bonds. The monoisotopic (exact) mass is 234 g/mol. The van der Waals surface area contributed by atoms with Gasteiger partial charge in [0.2, 0.25) is 0 Å². The van der Waals surface area contributed by atoms with E-state index in [9.17, 15) is 0 Å². The predicted octanol–water partition coefficient (Wildman–Crippen LogP) is 5.32. The highest BCUT2D eigenvalue weighted by atomic mass is 15.1. The zero-order valence-electron chi connectivity index (χ0n) is 12.1. The molecule has 0 aromatic heterocycles. The summed E-state index contributed by atoms with van der Waals surface area (Å²) in [6.07, 6.45) is 9.99. The minimum atomic E-state index is 0.425. The highest BCUT2D eigenvalue weighted by Gasteiger charge is 2.04. The maximum Gasteiger partial charge on any atom is 0.0921 e. The van der Waals surface area contributed by atoms with Crippen LogP contribution in [0, 0.1) is 5.92 Å². The molecular weight excluding hydrogens is 208 g/mol. The third-order valence-electron chi connectivity index (χ3n) is 1.83. The molecule has 0 spiro atoms. The lowest BCUT2D eigenvalue weighted by Crippen LogP contribution is -1.86. The predicted molar refractivity (Wildman–Crippen MR) is 78.1 cm³/mol. The highest BCUT2D eigenvalue weighted by molar-refractivity contribution is 5.42. The summed E-state index contributed by atoms with van der Waals surface area (Å²) in [7, 11) is 1.67. The zero-order chi connectivity index (χ0) is 13.7. The lowest BCUT2D eigenvalue weighted by atomic mass is 10.1. The van der Waals surface area contributed by atoms with Crippen molar-refractivity contribution in [1.29, 1.82) is 0 Å². The molecule has 96 valence electrons. The largest absolute Gasteiger partial charge is 0.192 e. The number of hydrogen-bond donors (Lipinski definition) is 0. The molecular formula is C15H26N2. The van der Waals surface area contributed by atoms with Crippen LogP contribution in [0.25, 0.3) is 0 Å². The molecule has 0 aliphatic heterocycles. The summed E-state index contributed by atoms with van der Waals surface area (Å²) in [4.78, 5) is 0. The first-order valence-electron chi connectivity index (χ1n) is 6.31. The van der Waals surface area contributed by atoms with Crippen LogP contribution in [0.2, 0.25) is 0 Å². The quantitative estimate of drug-likeness (QED) is 0.577. The Bertz CT molecular complexity index is 307. The fourth-order valence-electron chi connectivity index (χ4n) is 1.21. The van der Waals surface area contributed by atoms with Gasteiger partial charge in [0.05, 0.1) is 5.70 Å². The van der Waals surface area contributed by atoms with E-state index < -0.39 is 0 Å². The van der Waals surface area contributed by atoms with Gasteiger partial charge in [-0.25, -0.2) is 0 Å². The van der Waals surface area contributed by atoms with Crippen LogP contribution in [0.4, 0.5) is 0 Å². The molecule has 1 aliphatic rings. The van der Waals surface area contributed by atoms with Gasteiger partial charge in [0.15, 0.2) is 0 Å². The van der Waals surface area contributed by atoms with Gasteiger partial charge in [-0.15, -0.1) is 0 Å². The summed E-state index contributed by atoms with van der Waals surface area (Å²) in [5.41, 5.74) is 1.92. The molecule has 1 aliphatic carbocycles. The van der Waals surface area contributed by atoms with Crippen LogP contribution >= 0.6 is 0 Å². The van der Waals surface area contributed by atoms with Crippen LogP contribution in [0.3, 0.4) is 0 Å². The topological polar surface area (TPSA) is 24.7 Å². The molecule has 0 saturated carbocycles. The van der Waals surface area contributed by atoms with E-state index in [4.69, 9.17) is 0 Å². The molecule has 0 heterocycles. The van der Waals surface area contributed by atoms with Crippen LogP contribution in [-0.4, -0.2) is 7.05 Å². The van der Waals surface area contributed by atoms with Crippen LogP contribution in [-0.2, 0) is 0 Å². The van der Waals surface area contributed by atoms with Gasteiger partial charge >= 0.3 is 0 Å². The molecule has 1 unspecified atom stereocenters. The van der Waals surface area contributed by atoms with E-state index in [0.29, 0.717) is 5.92 Å². The number of azo groups is 1. The molecule has 0 bridgehead atoms. The third-order valence-corrected chi connectivity index (χ3v) is 1.83. The minimum Gasteiger partial charge on any atom is -0.192 e. The Labute approximate surface area is 107 Å². The smallest absolute Gasteiger partial charge is 0.0921 e. The maximum absolute atomic E-state index is 4.03. The summed E-state index contributed by atoms with van der Waals surface area (Å²) in [5, 5.41) is 7.78. The molecule has 0 saturated heterocycles. The molecule has 0 N–H and O–H groups in total. The van der Waals surface area contributed by atoms with Crippen molar-refractivity contribution < 1.29 is 0 Å². The van der Waals surface area contributed by atoms with E-state index in [1.165, 1.54) is 0 Å². The molecule has 0 aromatic rings. The van der Waals surface area contributed by atoms with Crippen molar-refractivity contribution in [2.75, 3.05) is 7.05 Å². The van der Waals surface area contributed by atoms with Gasteiger partial charge in [-0.3, -0.25) is 0 Å². The second-order valence-corrected chi connectivity index (χ2v) is 2.92. The van der Waals surface area contributed by atoms with E-state index in [2.05, 4.69) is 35.9 Å². The zero-order valence-corrected chi connectivity index (χ0v) is 12.1. The van der Waals surface area contributed by atoms with Crippen LogP contribution in [0.15, 0.2) is 58.5 Å². The summed E-state index contributed by atoms with van der Waals surface area (Å²) < 4.78 is 0. The summed E-state index contributed by atoms with van der Waals surface area (Å²) >= 11 is 0. The summed E-state index contributed by atoms with van der Waals surface area (Å²) in [6.45, 7) is 13.9. The third kappa shape index (κ3) is 7.45. The van der Waals surface area contributed by atoms with Gasteiger partial charge < -0.3 is 0 Å². The normalized spacial score (nSPS) is 17.9. The van der Waals surface area contributed by atoms with Crippen molar-refractivity contribution in [1.82, 2.24) is 0 Å². The molecule has 1 atom stereocenters. The van der Waals surface area contributed by atoms with Crippen LogP contribution in [0.5, 0.6) is 0 Å². The molecule has 1 rings (SSSR count). The van der Waals surface area contributed by atoms with Gasteiger partial charge in [0.25, 0.3) is 0 Å². The first kappa shape index (κ1) is 17.9. The van der Waals surface area contributed by atoms with Crippen molar-refractivity contribution in [2.24, 2.45) is 16.1 Å². The van der Waals surface area contributed by atoms with Gasteiger partial charge in [-0.1, -0.05) is 65.5 Å². The Morgan fingerprint density at radius 1 is 1.24 bits per heavy atom. The number of rotatable bonds is 2. The second kappa shape index (κ2) is 12.6. The maximum atomic E-state index is 4.03. The summed E-state index contributed by atoms with van der Waals surface area (Å²) in [6, 6.07) is 0. The Balaban J connectivity index is 0. The fraction of sp³-hybridized carbons (Fsp3) is 0.467. The Kier molecular flexibility index (Phi) is 13.3. The molecule has 2 nitrogen and oxygen atoms in total. The average Bonchev–Trinajstić information content (AvgIpc) is 2.56. The first-order valence-corrected chi connectivity index (χ1v) is 6.31. The van der Waals surface area contributed by atoms with Crippen LogP contribution < -0.4 is 0 Å². The van der Waals surface area contributed by atoms with Gasteiger partial charge in [-0.05, 0) is 17.6 Å². The average molecular weight is 234 g/mol.